The van der Waals surface area contributed by atoms with Crippen molar-refractivity contribution in [2.24, 2.45) is 11.8 Å². The summed E-state index contributed by atoms with van der Waals surface area (Å²) < 4.78 is 0. The first-order valence-electron chi connectivity index (χ1n) is 8.43. The van der Waals surface area contributed by atoms with Crippen LogP contribution in [0, 0.1) is 11.8 Å². The molecule has 2 aliphatic rings. The van der Waals surface area contributed by atoms with Crippen LogP contribution in [0.1, 0.15) is 48.6 Å². The van der Waals surface area contributed by atoms with Crippen molar-refractivity contribution in [3.63, 3.8) is 0 Å². The lowest BCUT2D eigenvalue weighted by Crippen LogP contribution is -2.02. The highest BCUT2D eigenvalue weighted by Gasteiger charge is 2.42. The van der Waals surface area contributed by atoms with Gasteiger partial charge < -0.3 is 0 Å². The molecule has 0 heterocycles. The van der Waals surface area contributed by atoms with Gasteiger partial charge >= 0.3 is 0 Å². The van der Waals surface area contributed by atoms with Crippen molar-refractivity contribution < 1.29 is 4.79 Å². The van der Waals surface area contributed by atoms with E-state index < -0.39 is 0 Å². The van der Waals surface area contributed by atoms with Crippen LogP contribution in [0.15, 0.2) is 60.7 Å². The first-order chi connectivity index (χ1) is 10.8. The molecule has 4 atom stereocenters. The number of benzene rings is 2. The Hall–Kier alpha value is -1.89. The summed E-state index contributed by atoms with van der Waals surface area (Å²) in [5.41, 5.74) is 2.82. The molecule has 0 aliphatic heterocycles. The Kier molecular flexibility index (Phi) is 3.57. The fraction of sp³-hybridized carbons (Fsp3) is 0.381. The average molecular weight is 290 g/mol. The van der Waals surface area contributed by atoms with Crippen molar-refractivity contribution in [1.29, 1.82) is 0 Å². The van der Waals surface area contributed by atoms with Gasteiger partial charge in [0.25, 0.3) is 0 Å². The van der Waals surface area contributed by atoms with E-state index >= 15 is 0 Å². The third-order valence-electron chi connectivity index (χ3n) is 5.28. The van der Waals surface area contributed by atoms with Crippen LogP contribution < -0.4 is 0 Å². The van der Waals surface area contributed by atoms with Gasteiger partial charge in [0, 0.05) is 12.8 Å². The van der Waals surface area contributed by atoms with Crippen LogP contribution in [0.25, 0.3) is 0 Å². The molecule has 0 radical (unpaired) electrons. The summed E-state index contributed by atoms with van der Waals surface area (Å²) in [4.78, 5) is 12.3. The van der Waals surface area contributed by atoms with Gasteiger partial charge in [0.1, 0.15) is 5.78 Å². The molecular formula is C21H22O. The van der Waals surface area contributed by atoms with Gasteiger partial charge in [0.05, 0.1) is 0 Å². The highest BCUT2D eigenvalue weighted by Crippen LogP contribution is 2.52. The molecule has 0 saturated heterocycles. The zero-order valence-corrected chi connectivity index (χ0v) is 12.8. The molecule has 2 aromatic rings. The minimum Gasteiger partial charge on any atom is -0.300 e. The molecule has 4 rings (SSSR count). The Labute approximate surface area is 132 Å². The quantitative estimate of drug-likeness (QED) is 0.736. The summed E-state index contributed by atoms with van der Waals surface area (Å²) in [6.45, 7) is 0. The highest BCUT2D eigenvalue weighted by atomic mass is 16.1. The predicted octanol–water partition coefficient (Wildman–Crippen LogP) is 4.94. The summed E-state index contributed by atoms with van der Waals surface area (Å²) in [6, 6.07) is 21.3. The first-order valence-corrected chi connectivity index (χ1v) is 8.43. The molecule has 1 nitrogen and oxygen atoms in total. The van der Waals surface area contributed by atoms with Gasteiger partial charge in [-0.25, -0.2) is 0 Å². The van der Waals surface area contributed by atoms with Crippen LogP contribution >= 0.6 is 0 Å². The predicted molar refractivity (Wildman–Crippen MR) is 88.8 cm³/mol. The molecule has 0 unspecified atom stereocenters. The van der Waals surface area contributed by atoms with Crippen LogP contribution in [0.4, 0.5) is 0 Å². The van der Waals surface area contributed by atoms with E-state index in [2.05, 4.69) is 60.7 Å². The van der Waals surface area contributed by atoms with Crippen LogP contribution in [0.2, 0.25) is 0 Å². The number of hydrogen-bond acceptors (Lipinski definition) is 1. The Morgan fingerprint density at radius 1 is 0.727 bits per heavy atom. The zero-order chi connectivity index (χ0) is 14.9. The standard InChI is InChI=1S/C21H22O/c22-19(11-17-13-20(17)15-7-3-1-4-8-15)12-18-14-21(18)16-9-5-2-6-10-16/h1-10,17-18,20-21H,11-14H2/t17-,18-,20+,21+/m1/s1. The van der Waals surface area contributed by atoms with E-state index in [1.54, 1.807) is 0 Å². The molecule has 0 N–H and O–H groups in total. The zero-order valence-electron chi connectivity index (χ0n) is 12.8. The Balaban J connectivity index is 1.25. The van der Waals surface area contributed by atoms with E-state index in [1.807, 2.05) is 0 Å². The van der Waals surface area contributed by atoms with Gasteiger partial charge in [-0.05, 0) is 47.6 Å². The second kappa shape index (κ2) is 5.72. The smallest absolute Gasteiger partial charge is 0.133 e. The fourth-order valence-corrected chi connectivity index (χ4v) is 3.83. The summed E-state index contributed by atoms with van der Waals surface area (Å²) >= 11 is 0. The molecule has 0 amide bonds. The summed E-state index contributed by atoms with van der Waals surface area (Å²) in [5.74, 6) is 2.95. The Morgan fingerprint density at radius 2 is 1.14 bits per heavy atom. The van der Waals surface area contributed by atoms with E-state index in [0.29, 0.717) is 29.5 Å². The van der Waals surface area contributed by atoms with Gasteiger partial charge in [-0.2, -0.15) is 0 Å². The lowest BCUT2D eigenvalue weighted by molar-refractivity contribution is -0.119. The number of Topliss-reactive ketones (excluding diaryl/α,β-unsaturated/α-hetero) is 1. The second-order valence-corrected chi connectivity index (χ2v) is 6.97. The summed E-state index contributed by atoms with van der Waals surface area (Å²) in [6.07, 6.45) is 3.97. The molecule has 1 heteroatoms. The summed E-state index contributed by atoms with van der Waals surface area (Å²) in [7, 11) is 0. The molecule has 112 valence electrons. The number of rotatable bonds is 6. The van der Waals surface area contributed by atoms with Gasteiger partial charge in [-0.15, -0.1) is 0 Å². The minimum atomic E-state index is 0.479. The lowest BCUT2D eigenvalue weighted by Gasteiger charge is -2.02. The maximum Gasteiger partial charge on any atom is 0.133 e. The topological polar surface area (TPSA) is 17.1 Å². The largest absolute Gasteiger partial charge is 0.300 e. The van der Waals surface area contributed by atoms with E-state index in [-0.39, 0.29) is 0 Å². The van der Waals surface area contributed by atoms with Gasteiger partial charge in [-0.1, -0.05) is 60.7 Å². The van der Waals surface area contributed by atoms with Crippen molar-refractivity contribution in [3.05, 3.63) is 71.8 Å². The van der Waals surface area contributed by atoms with Crippen molar-refractivity contribution >= 4 is 5.78 Å². The van der Waals surface area contributed by atoms with Crippen molar-refractivity contribution in [2.75, 3.05) is 0 Å². The maximum absolute atomic E-state index is 12.3. The third-order valence-corrected chi connectivity index (χ3v) is 5.28. The van der Waals surface area contributed by atoms with Crippen molar-refractivity contribution in [1.82, 2.24) is 0 Å². The highest BCUT2D eigenvalue weighted by molar-refractivity contribution is 5.80. The normalized spacial score (nSPS) is 29.1. The SMILES string of the molecule is O=C(C[C@@H]1C[C@H]1c1ccccc1)C[C@@H]1C[C@H]1c1ccccc1. The van der Waals surface area contributed by atoms with E-state index in [9.17, 15) is 4.79 Å². The van der Waals surface area contributed by atoms with Gasteiger partial charge in [0.2, 0.25) is 0 Å². The summed E-state index contributed by atoms with van der Waals surface area (Å²) in [5, 5.41) is 0. The lowest BCUT2D eigenvalue weighted by atomic mass is 10.0. The molecular weight excluding hydrogens is 268 g/mol. The molecule has 2 saturated carbocycles. The van der Waals surface area contributed by atoms with Gasteiger partial charge in [0.15, 0.2) is 0 Å². The maximum atomic E-state index is 12.3. The van der Waals surface area contributed by atoms with Crippen LogP contribution in [0.5, 0.6) is 0 Å². The van der Waals surface area contributed by atoms with Crippen molar-refractivity contribution in [2.45, 2.75) is 37.5 Å². The number of carbonyl (C=O) groups excluding carboxylic acids is 1. The molecule has 0 bridgehead atoms. The molecule has 2 aliphatic carbocycles. The van der Waals surface area contributed by atoms with Gasteiger partial charge in [-0.3, -0.25) is 4.79 Å². The molecule has 0 aromatic heterocycles. The second-order valence-electron chi connectivity index (χ2n) is 6.97. The minimum absolute atomic E-state index is 0.479. The average Bonchev–Trinajstić information content (AvgIpc) is 3.46. The molecule has 0 spiro atoms. The number of carbonyl (C=O) groups is 1. The number of ketones is 1. The third kappa shape index (κ3) is 2.99. The van der Waals surface area contributed by atoms with E-state index in [4.69, 9.17) is 0 Å². The Bertz CT molecular complexity index is 589. The number of hydrogen-bond donors (Lipinski definition) is 0. The van der Waals surface area contributed by atoms with E-state index in [1.165, 1.54) is 24.0 Å². The fourth-order valence-electron chi connectivity index (χ4n) is 3.83. The Morgan fingerprint density at radius 3 is 1.55 bits per heavy atom. The van der Waals surface area contributed by atoms with Crippen LogP contribution in [-0.4, -0.2) is 5.78 Å². The first kappa shape index (κ1) is 13.8. The van der Waals surface area contributed by atoms with Crippen molar-refractivity contribution in [3.8, 4) is 0 Å². The molecule has 2 fully saturated rings. The molecule has 2 aromatic carbocycles. The monoisotopic (exact) mass is 290 g/mol. The van der Waals surface area contributed by atoms with Crippen LogP contribution in [0.3, 0.4) is 0 Å². The molecule has 22 heavy (non-hydrogen) atoms. The van der Waals surface area contributed by atoms with Crippen LogP contribution in [-0.2, 0) is 4.79 Å². The van der Waals surface area contributed by atoms with E-state index in [0.717, 1.165) is 12.8 Å².